The summed E-state index contributed by atoms with van der Waals surface area (Å²) in [5, 5.41) is 3.66. The minimum absolute atomic E-state index is 0.100. The summed E-state index contributed by atoms with van der Waals surface area (Å²) in [4.78, 5) is 37.7. The molecule has 0 atom stereocenters. The maximum atomic E-state index is 12.6. The van der Waals surface area contributed by atoms with Gasteiger partial charge in [-0.2, -0.15) is 0 Å². The van der Waals surface area contributed by atoms with Crippen molar-refractivity contribution in [2.24, 2.45) is 0 Å². The average Bonchev–Trinajstić information content (AvgIpc) is 3.28. The molecule has 160 valence electrons. The number of hydrogen-bond acceptors (Lipinski definition) is 5. The molecule has 3 aromatic rings. The van der Waals surface area contributed by atoms with E-state index in [0.717, 1.165) is 16.1 Å². The number of para-hydroxylation sites is 1. The van der Waals surface area contributed by atoms with Crippen molar-refractivity contribution in [1.82, 2.24) is 15.0 Å². The molecular weight excluding hydrogens is 408 g/mol. The van der Waals surface area contributed by atoms with Gasteiger partial charge in [-0.15, -0.1) is 11.8 Å². The molecule has 0 bridgehead atoms. The molecule has 0 spiro atoms. The molecule has 31 heavy (non-hydrogen) atoms. The average molecular weight is 435 g/mol. The molecule has 4 rings (SSSR count). The summed E-state index contributed by atoms with van der Waals surface area (Å²) < 4.78 is 0. The van der Waals surface area contributed by atoms with Crippen LogP contribution in [0.2, 0.25) is 0 Å². The minimum Gasteiger partial charge on any atom is -0.325 e. The lowest BCUT2D eigenvalue weighted by atomic mass is 10.1. The first-order valence-electron chi connectivity index (χ1n) is 10.7. The number of benzene rings is 1. The van der Waals surface area contributed by atoms with Crippen LogP contribution in [0.4, 0.5) is 5.69 Å². The van der Waals surface area contributed by atoms with Crippen LogP contribution in [0.1, 0.15) is 43.4 Å². The second-order valence-electron chi connectivity index (χ2n) is 7.78. The number of carbonyl (C=O) groups is 1. The molecule has 1 aliphatic carbocycles. The molecule has 2 N–H and O–H groups in total. The summed E-state index contributed by atoms with van der Waals surface area (Å²) in [6.45, 7) is 1.81. The Morgan fingerprint density at radius 2 is 1.90 bits per heavy atom. The van der Waals surface area contributed by atoms with Crippen LogP contribution in [0, 0.1) is 6.92 Å². The summed E-state index contributed by atoms with van der Waals surface area (Å²) in [5.74, 6) is 0.410. The number of nitrogens with zero attached hydrogens (tertiary/aromatic N) is 2. The zero-order valence-electron chi connectivity index (χ0n) is 17.6. The Morgan fingerprint density at radius 1 is 1.16 bits per heavy atom. The number of aromatic nitrogens is 3. The Bertz CT molecular complexity index is 1110. The molecule has 6 nitrogen and oxygen atoms in total. The third kappa shape index (κ3) is 5.41. The Labute approximate surface area is 185 Å². The number of aromatic amines is 1. The smallest absolute Gasteiger partial charge is 0.254 e. The first-order valence-corrected chi connectivity index (χ1v) is 11.5. The Hall–Kier alpha value is -2.93. The Morgan fingerprint density at radius 3 is 2.65 bits per heavy atom. The lowest BCUT2D eigenvalue weighted by Crippen LogP contribution is -2.20. The molecule has 1 fully saturated rings. The number of nitrogens with one attached hydrogen (secondary N) is 2. The number of rotatable bonds is 7. The van der Waals surface area contributed by atoms with Gasteiger partial charge >= 0.3 is 0 Å². The molecule has 2 aromatic heterocycles. The molecule has 1 saturated carbocycles. The van der Waals surface area contributed by atoms with Crippen LogP contribution >= 0.6 is 11.8 Å². The zero-order valence-corrected chi connectivity index (χ0v) is 18.4. The van der Waals surface area contributed by atoms with Crippen LogP contribution in [-0.2, 0) is 11.2 Å². The van der Waals surface area contributed by atoms with Crippen LogP contribution < -0.4 is 10.9 Å². The van der Waals surface area contributed by atoms with E-state index >= 15 is 0 Å². The maximum absolute atomic E-state index is 12.6. The van der Waals surface area contributed by atoms with Gasteiger partial charge in [0.25, 0.3) is 5.56 Å². The molecular formula is C24H26N4O2S. The lowest BCUT2D eigenvalue weighted by molar-refractivity contribution is -0.116. The van der Waals surface area contributed by atoms with Crippen LogP contribution in [-0.4, -0.2) is 26.1 Å². The molecule has 1 aliphatic rings. The van der Waals surface area contributed by atoms with Gasteiger partial charge in [-0.05, 0) is 50.5 Å². The Balaban J connectivity index is 1.41. The van der Waals surface area contributed by atoms with Gasteiger partial charge in [0.2, 0.25) is 5.91 Å². The number of anilines is 1. The molecule has 0 aliphatic heterocycles. The molecule has 0 radical (unpaired) electrons. The molecule has 0 unspecified atom stereocenters. The van der Waals surface area contributed by atoms with Crippen molar-refractivity contribution in [3.05, 3.63) is 70.4 Å². The number of amides is 1. The van der Waals surface area contributed by atoms with Gasteiger partial charge < -0.3 is 10.3 Å². The highest BCUT2D eigenvalue weighted by Crippen LogP contribution is 2.38. The second kappa shape index (κ2) is 9.92. The van der Waals surface area contributed by atoms with E-state index < -0.39 is 0 Å². The topological polar surface area (TPSA) is 87.7 Å². The third-order valence-corrected chi connectivity index (χ3v) is 6.95. The van der Waals surface area contributed by atoms with E-state index in [9.17, 15) is 9.59 Å². The summed E-state index contributed by atoms with van der Waals surface area (Å²) in [6.07, 6.45) is 8.92. The van der Waals surface area contributed by atoms with Crippen LogP contribution in [0.15, 0.2) is 58.5 Å². The summed E-state index contributed by atoms with van der Waals surface area (Å²) in [5.41, 5.74) is 2.63. The largest absolute Gasteiger partial charge is 0.325 e. The lowest BCUT2D eigenvalue weighted by Gasteiger charge is -2.14. The monoisotopic (exact) mass is 434 g/mol. The molecule has 1 aromatic carbocycles. The van der Waals surface area contributed by atoms with Crippen molar-refractivity contribution in [2.45, 2.75) is 55.6 Å². The number of aryl methyl sites for hydroxylation is 1. The summed E-state index contributed by atoms with van der Waals surface area (Å²) in [6, 6.07) is 11.5. The highest BCUT2D eigenvalue weighted by molar-refractivity contribution is 8.00. The number of thioether (sulfide) groups is 1. The van der Waals surface area contributed by atoms with Crippen molar-refractivity contribution in [3.63, 3.8) is 0 Å². The van der Waals surface area contributed by atoms with Crippen LogP contribution in [0.3, 0.4) is 0 Å². The molecule has 2 heterocycles. The third-order valence-electron chi connectivity index (χ3n) is 5.54. The normalized spacial score (nSPS) is 14.0. The van der Waals surface area contributed by atoms with Crippen molar-refractivity contribution < 1.29 is 4.79 Å². The fourth-order valence-electron chi connectivity index (χ4n) is 3.86. The van der Waals surface area contributed by atoms with E-state index in [1.807, 2.05) is 30.0 Å². The van der Waals surface area contributed by atoms with Gasteiger partial charge in [-0.25, -0.2) is 4.98 Å². The van der Waals surface area contributed by atoms with E-state index in [2.05, 4.69) is 26.3 Å². The molecule has 7 heteroatoms. The van der Waals surface area contributed by atoms with Gasteiger partial charge in [-0.3, -0.25) is 14.6 Å². The first-order chi connectivity index (χ1) is 15.1. The van der Waals surface area contributed by atoms with E-state index in [1.165, 1.54) is 25.7 Å². The standard InChI is InChI=1S/C24H26N4O2S/c1-16-19(24(30)28-23(26-16)17-12-14-25-15-13-17)10-11-22(29)27-20-8-4-5-9-21(20)31-18-6-2-3-7-18/h4-5,8-9,12-15,18H,2-3,6-7,10-11H2,1H3,(H,27,29)(H,26,28,30). The van der Waals surface area contributed by atoms with Gasteiger partial charge in [0.05, 0.1) is 5.69 Å². The van der Waals surface area contributed by atoms with Crippen molar-refractivity contribution in [3.8, 4) is 11.4 Å². The predicted octanol–water partition coefficient (Wildman–Crippen LogP) is 4.75. The van der Waals surface area contributed by atoms with Crippen LogP contribution in [0.5, 0.6) is 0 Å². The fourth-order valence-corrected chi connectivity index (χ4v) is 5.19. The SMILES string of the molecule is Cc1nc(-c2ccncc2)[nH]c(=O)c1CCC(=O)Nc1ccccc1SC1CCCC1. The molecule has 0 saturated heterocycles. The van der Waals surface area contributed by atoms with E-state index in [0.29, 0.717) is 28.8 Å². The van der Waals surface area contributed by atoms with Gasteiger partial charge in [0.15, 0.2) is 0 Å². The first kappa shape index (κ1) is 21.3. The van der Waals surface area contributed by atoms with E-state index in [1.54, 1.807) is 31.5 Å². The number of hydrogen-bond donors (Lipinski definition) is 2. The van der Waals surface area contributed by atoms with E-state index in [-0.39, 0.29) is 17.9 Å². The number of carbonyl (C=O) groups excluding carboxylic acids is 1. The fraction of sp³-hybridized carbons (Fsp3) is 0.333. The van der Waals surface area contributed by atoms with Crippen LogP contribution in [0.25, 0.3) is 11.4 Å². The van der Waals surface area contributed by atoms with Crippen molar-refractivity contribution >= 4 is 23.4 Å². The van der Waals surface area contributed by atoms with E-state index in [4.69, 9.17) is 0 Å². The maximum Gasteiger partial charge on any atom is 0.254 e. The number of pyridine rings is 1. The van der Waals surface area contributed by atoms with Gasteiger partial charge in [0.1, 0.15) is 5.82 Å². The summed E-state index contributed by atoms with van der Waals surface area (Å²) in [7, 11) is 0. The zero-order chi connectivity index (χ0) is 21.6. The van der Waals surface area contributed by atoms with Gasteiger partial charge in [0, 0.05) is 45.8 Å². The minimum atomic E-state index is -0.204. The highest BCUT2D eigenvalue weighted by atomic mass is 32.2. The molecule has 1 amide bonds. The predicted molar refractivity (Wildman–Crippen MR) is 124 cm³/mol. The van der Waals surface area contributed by atoms with Crippen molar-refractivity contribution in [1.29, 1.82) is 0 Å². The quantitative estimate of drug-likeness (QED) is 0.560. The second-order valence-corrected chi connectivity index (χ2v) is 9.13. The van der Waals surface area contributed by atoms with Gasteiger partial charge in [-0.1, -0.05) is 25.0 Å². The highest BCUT2D eigenvalue weighted by Gasteiger charge is 2.18. The summed E-state index contributed by atoms with van der Waals surface area (Å²) >= 11 is 1.85. The Kier molecular flexibility index (Phi) is 6.82. The number of H-pyrrole nitrogens is 1. The van der Waals surface area contributed by atoms with Crippen molar-refractivity contribution in [2.75, 3.05) is 5.32 Å².